The second-order valence-corrected chi connectivity index (χ2v) is 8.27. The van der Waals surface area contributed by atoms with Crippen LogP contribution in [-0.4, -0.2) is 54.6 Å². The van der Waals surface area contributed by atoms with Crippen LogP contribution in [0.25, 0.3) is 0 Å². The Labute approximate surface area is 172 Å². The van der Waals surface area contributed by atoms with Crippen molar-refractivity contribution < 1.29 is 9.63 Å². The van der Waals surface area contributed by atoms with Crippen LogP contribution in [0, 0.1) is 5.41 Å². The molecule has 3 aliphatic heterocycles. The molecule has 2 saturated heterocycles. The van der Waals surface area contributed by atoms with Crippen molar-refractivity contribution in [1.82, 2.24) is 4.90 Å². The van der Waals surface area contributed by atoms with Gasteiger partial charge in [-0.15, -0.1) is 0 Å². The summed E-state index contributed by atoms with van der Waals surface area (Å²) in [5.74, 6) is 0.121. The molecule has 1 unspecified atom stereocenters. The monoisotopic (exact) mass is 397 g/mol. The van der Waals surface area contributed by atoms with Gasteiger partial charge in [-0.1, -0.05) is 30.1 Å². The minimum atomic E-state index is -0.687. The number of benzene rings is 1. The fraction of sp³-hybridized carbons (Fsp3) is 0.591. The molecule has 3 aliphatic rings. The van der Waals surface area contributed by atoms with E-state index in [1.807, 2.05) is 12.1 Å². The average Bonchev–Trinajstić information content (AvgIpc) is 3.09. The number of primary amides is 1. The molecule has 0 aromatic heterocycles. The molecule has 2 fully saturated rings. The van der Waals surface area contributed by atoms with Crippen molar-refractivity contribution >= 4 is 23.1 Å². The van der Waals surface area contributed by atoms with Crippen molar-refractivity contribution in [3.63, 3.8) is 0 Å². The molecule has 0 aliphatic carbocycles. The number of nitrogens with two attached hydrogens (primary N) is 1. The van der Waals surface area contributed by atoms with Gasteiger partial charge >= 0.3 is 0 Å². The van der Waals surface area contributed by atoms with Crippen LogP contribution in [0.5, 0.6) is 0 Å². The summed E-state index contributed by atoms with van der Waals surface area (Å²) in [5.41, 5.74) is 9.21. The Kier molecular flexibility index (Phi) is 6.02. The zero-order chi connectivity index (χ0) is 20.2. The summed E-state index contributed by atoms with van der Waals surface area (Å²) in [7, 11) is 0. The van der Waals surface area contributed by atoms with Gasteiger partial charge in [0.05, 0.1) is 5.71 Å². The highest BCUT2D eigenvalue weighted by molar-refractivity contribution is 6.09. The van der Waals surface area contributed by atoms with Gasteiger partial charge in [0.25, 0.3) is 5.91 Å². The maximum absolute atomic E-state index is 11.5. The molecular formula is C22H31N5O2. The van der Waals surface area contributed by atoms with E-state index in [-0.39, 0.29) is 0 Å². The molecule has 1 atom stereocenters. The van der Waals surface area contributed by atoms with Crippen LogP contribution in [-0.2, 0) is 9.63 Å². The first-order valence-corrected chi connectivity index (χ1v) is 10.9. The predicted octanol–water partition coefficient (Wildman–Crippen LogP) is 2.86. The number of nitrogens with zero attached hydrogens (tertiary/aromatic N) is 3. The van der Waals surface area contributed by atoms with E-state index in [4.69, 9.17) is 16.0 Å². The van der Waals surface area contributed by atoms with Crippen molar-refractivity contribution in [1.29, 1.82) is 5.41 Å². The Morgan fingerprint density at radius 3 is 2.34 bits per heavy atom. The summed E-state index contributed by atoms with van der Waals surface area (Å²) in [6.07, 6.45) is 8.12. The van der Waals surface area contributed by atoms with E-state index in [0.717, 1.165) is 61.5 Å². The van der Waals surface area contributed by atoms with Gasteiger partial charge in [0.2, 0.25) is 6.10 Å². The topological polar surface area (TPSA) is 95.0 Å². The third-order valence-corrected chi connectivity index (χ3v) is 6.19. The number of nitrogens with one attached hydrogen (secondary N) is 1. The van der Waals surface area contributed by atoms with Crippen LogP contribution >= 0.6 is 0 Å². The van der Waals surface area contributed by atoms with Crippen molar-refractivity contribution in [2.75, 3.05) is 31.1 Å². The number of anilines is 1. The number of amides is 1. The Morgan fingerprint density at radius 1 is 1.03 bits per heavy atom. The number of oxime groups is 1. The summed E-state index contributed by atoms with van der Waals surface area (Å²) in [4.78, 5) is 21.4. The van der Waals surface area contributed by atoms with Gasteiger partial charge in [0.15, 0.2) is 0 Å². The quantitative estimate of drug-likeness (QED) is 0.603. The van der Waals surface area contributed by atoms with E-state index >= 15 is 0 Å². The van der Waals surface area contributed by atoms with Crippen LogP contribution in [0.15, 0.2) is 23.4 Å². The Balaban J connectivity index is 1.65. The van der Waals surface area contributed by atoms with E-state index in [2.05, 4.69) is 21.0 Å². The molecule has 1 aromatic rings. The molecule has 29 heavy (non-hydrogen) atoms. The second kappa shape index (κ2) is 8.84. The van der Waals surface area contributed by atoms with Crippen molar-refractivity contribution in [3.05, 3.63) is 29.3 Å². The number of rotatable bonds is 4. The van der Waals surface area contributed by atoms with Gasteiger partial charge in [-0.2, -0.15) is 0 Å². The molecular weight excluding hydrogens is 366 g/mol. The minimum Gasteiger partial charge on any atom is -0.382 e. The van der Waals surface area contributed by atoms with E-state index in [1.54, 1.807) is 0 Å². The maximum Gasteiger partial charge on any atom is 0.261 e. The lowest BCUT2D eigenvalue weighted by atomic mass is 9.98. The van der Waals surface area contributed by atoms with Gasteiger partial charge < -0.3 is 20.4 Å². The van der Waals surface area contributed by atoms with Crippen LogP contribution in [0.3, 0.4) is 0 Å². The third-order valence-electron chi connectivity index (χ3n) is 6.19. The molecule has 4 rings (SSSR count). The van der Waals surface area contributed by atoms with Crippen molar-refractivity contribution in [3.8, 4) is 0 Å². The molecule has 7 nitrogen and oxygen atoms in total. The number of hydrogen-bond donors (Lipinski definition) is 2. The largest absolute Gasteiger partial charge is 0.382 e. The summed E-state index contributed by atoms with van der Waals surface area (Å²) >= 11 is 0. The Morgan fingerprint density at radius 2 is 1.69 bits per heavy atom. The number of amidine groups is 1. The first kappa shape index (κ1) is 19.7. The van der Waals surface area contributed by atoms with Crippen LogP contribution in [0.1, 0.15) is 62.5 Å². The molecule has 0 saturated carbocycles. The third kappa shape index (κ3) is 4.38. The van der Waals surface area contributed by atoms with E-state index in [1.165, 1.54) is 32.1 Å². The van der Waals surface area contributed by atoms with Gasteiger partial charge in [0, 0.05) is 49.4 Å². The standard InChI is InChI=1S/C22H31N5O2/c23-21(27-12-6-3-7-13-27)16-8-9-17(18-15-20(22(24)28)29-25-18)19(14-16)26-10-4-1-2-5-11-26/h8-9,14,20,23H,1-7,10-13,15H2,(H2,24,28). The highest BCUT2D eigenvalue weighted by atomic mass is 16.6. The number of carbonyl (C=O) groups excluding carboxylic acids is 1. The molecule has 156 valence electrons. The summed E-state index contributed by atoms with van der Waals surface area (Å²) in [5, 5.41) is 12.9. The van der Waals surface area contributed by atoms with E-state index in [9.17, 15) is 4.79 Å². The lowest BCUT2D eigenvalue weighted by Gasteiger charge is -2.30. The molecule has 7 heteroatoms. The van der Waals surface area contributed by atoms with Gasteiger partial charge in [-0.25, -0.2) is 0 Å². The summed E-state index contributed by atoms with van der Waals surface area (Å²) in [6, 6.07) is 6.19. The molecule has 0 spiro atoms. The fourth-order valence-electron chi connectivity index (χ4n) is 4.49. The number of hydrogen-bond acceptors (Lipinski definition) is 5. The highest BCUT2D eigenvalue weighted by Crippen LogP contribution is 2.30. The Bertz CT molecular complexity index is 792. The van der Waals surface area contributed by atoms with Crippen LogP contribution < -0.4 is 10.6 Å². The SMILES string of the molecule is N=C(c1ccc(C2=NOC(C(N)=O)C2)c(N2CCCCCC2)c1)N1CCCCC1. The number of carbonyl (C=O) groups is 1. The summed E-state index contributed by atoms with van der Waals surface area (Å²) < 4.78 is 0. The Hall–Kier alpha value is -2.57. The molecule has 3 heterocycles. The molecule has 3 N–H and O–H groups in total. The predicted molar refractivity (Wildman–Crippen MR) is 115 cm³/mol. The fourth-order valence-corrected chi connectivity index (χ4v) is 4.49. The first-order chi connectivity index (χ1) is 14.1. The van der Waals surface area contributed by atoms with Gasteiger partial charge in [-0.3, -0.25) is 10.2 Å². The van der Waals surface area contributed by atoms with Crippen LogP contribution in [0.2, 0.25) is 0 Å². The molecule has 1 aromatic carbocycles. The smallest absolute Gasteiger partial charge is 0.261 e. The van der Waals surface area contributed by atoms with Gasteiger partial charge in [-0.05, 0) is 38.2 Å². The molecule has 0 radical (unpaired) electrons. The highest BCUT2D eigenvalue weighted by Gasteiger charge is 2.29. The first-order valence-electron chi connectivity index (χ1n) is 10.9. The van der Waals surface area contributed by atoms with Crippen molar-refractivity contribution in [2.45, 2.75) is 57.5 Å². The molecule has 1 amide bonds. The van der Waals surface area contributed by atoms with E-state index in [0.29, 0.717) is 12.3 Å². The zero-order valence-electron chi connectivity index (χ0n) is 17.0. The van der Waals surface area contributed by atoms with Gasteiger partial charge in [0.1, 0.15) is 5.84 Å². The maximum atomic E-state index is 11.5. The lowest BCUT2D eigenvalue weighted by Crippen LogP contribution is -2.36. The summed E-state index contributed by atoms with van der Waals surface area (Å²) in [6.45, 7) is 3.92. The number of piperidine rings is 1. The lowest BCUT2D eigenvalue weighted by molar-refractivity contribution is -0.127. The van der Waals surface area contributed by atoms with Crippen LogP contribution in [0.4, 0.5) is 5.69 Å². The molecule has 0 bridgehead atoms. The minimum absolute atomic E-state index is 0.402. The van der Waals surface area contributed by atoms with Crippen molar-refractivity contribution in [2.24, 2.45) is 10.9 Å². The van der Waals surface area contributed by atoms with E-state index < -0.39 is 12.0 Å². The zero-order valence-corrected chi connectivity index (χ0v) is 17.0. The number of likely N-dealkylation sites (tertiary alicyclic amines) is 1. The average molecular weight is 398 g/mol. The second-order valence-electron chi connectivity index (χ2n) is 8.27. The normalized spacial score (nSPS) is 22.6.